The Kier molecular flexibility index (Phi) is 5.30. The van der Waals surface area contributed by atoms with E-state index in [9.17, 15) is 9.59 Å². The zero-order valence-corrected chi connectivity index (χ0v) is 15.2. The Bertz CT molecular complexity index is 740. The van der Waals surface area contributed by atoms with Gasteiger partial charge in [0.25, 0.3) is 6.29 Å². The van der Waals surface area contributed by atoms with Crippen LogP contribution in [0, 0.1) is 11.8 Å². The number of fused-ring (bicyclic) bond motifs is 1. The van der Waals surface area contributed by atoms with Crippen LogP contribution in [-0.4, -0.2) is 37.4 Å². The summed E-state index contributed by atoms with van der Waals surface area (Å²) in [5.74, 6) is -0.675. The summed E-state index contributed by atoms with van der Waals surface area (Å²) in [7, 11) is 3.03. The van der Waals surface area contributed by atoms with E-state index in [1.807, 2.05) is 37.3 Å². The number of benzene rings is 1. The van der Waals surface area contributed by atoms with Gasteiger partial charge >= 0.3 is 12.1 Å². The molecule has 0 N–H and O–H groups in total. The van der Waals surface area contributed by atoms with Gasteiger partial charge in [0.2, 0.25) is 0 Å². The van der Waals surface area contributed by atoms with E-state index in [-0.39, 0.29) is 11.8 Å². The van der Waals surface area contributed by atoms with Crippen molar-refractivity contribution in [2.45, 2.75) is 26.2 Å². The lowest BCUT2D eigenvalue weighted by Gasteiger charge is -2.34. The smallest absolute Gasteiger partial charge is 0.412 e. The van der Waals surface area contributed by atoms with Gasteiger partial charge in [-0.15, -0.1) is 0 Å². The first kappa shape index (κ1) is 18.0. The summed E-state index contributed by atoms with van der Waals surface area (Å²) in [6, 6.07) is 9.68. The molecule has 3 atom stereocenters. The topological polar surface area (TPSA) is 65.1 Å². The van der Waals surface area contributed by atoms with Crippen LogP contribution in [0.2, 0.25) is 0 Å². The number of carbonyl (C=O) groups is 2. The highest BCUT2D eigenvalue weighted by molar-refractivity contribution is 5.89. The summed E-state index contributed by atoms with van der Waals surface area (Å²) in [4.78, 5) is 25.9. The van der Waals surface area contributed by atoms with Gasteiger partial charge in [-0.1, -0.05) is 42.0 Å². The molecule has 2 aliphatic rings. The molecule has 3 unspecified atom stereocenters. The number of carbonyl (C=O) groups excluding carboxylic acids is 2. The predicted octanol–water partition coefficient (Wildman–Crippen LogP) is 3.25. The maximum absolute atomic E-state index is 12.5. The minimum atomic E-state index is -0.752. The second-order valence-corrected chi connectivity index (χ2v) is 6.61. The van der Waals surface area contributed by atoms with E-state index in [0.717, 1.165) is 11.1 Å². The van der Waals surface area contributed by atoms with Crippen molar-refractivity contribution >= 4 is 12.1 Å². The molecule has 1 amide bonds. The highest BCUT2D eigenvalue weighted by Crippen LogP contribution is 2.43. The molecule has 0 radical (unpaired) electrons. The summed E-state index contributed by atoms with van der Waals surface area (Å²) in [5.41, 5.74) is 2.54. The molecular formula is C20H23NO5. The van der Waals surface area contributed by atoms with E-state index >= 15 is 0 Å². The number of esters is 1. The van der Waals surface area contributed by atoms with Crippen LogP contribution in [0.15, 0.2) is 53.8 Å². The van der Waals surface area contributed by atoms with Crippen molar-refractivity contribution in [1.29, 1.82) is 0 Å². The lowest BCUT2D eigenvalue weighted by molar-refractivity contribution is -0.142. The van der Waals surface area contributed by atoms with Gasteiger partial charge in [-0.2, -0.15) is 0 Å². The van der Waals surface area contributed by atoms with Crippen molar-refractivity contribution < 1.29 is 23.8 Å². The van der Waals surface area contributed by atoms with Crippen LogP contribution >= 0.6 is 0 Å². The largest absolute Gasteiger partial charge is 0.466 e. The third-order valence-corrected chi connectivity index (χ3v) is 4.89. The van der Waals surface area contributed by atoms with Gasteiger partial charge in [0.1, 0.15) is 0 Å². The molecule has 0 bridgehead atoms. The predicted molar refractivity (Wildman–Crippen MR) is 94.7 cm³/mol. The van der Waals surface area contributed by atoms with Crippen LogP contribution in [-0.2, 0) is 25.5 Å². The molecule has 6 nitrogen and oxygen atoms in total. The van der Waals surface area contributed by atoms with Crippen LogP contribution in [0.25, 0.3) is 0 Å². The van der Waals surface area contributed by atoms with E-state index in [0.29, 0.717) is 18.5 Å². The van der Waals surface area contributed by atoms with Crippen molar-refractivity contribution in [3.05, 3.63) is 59.4 Å². The van der Waals surface area contributed by atoms with Crippen molar-refractivity contribution in [3.8, 4) is 0 Å². The lowest BCUT2D eigenvalue weighted by Crippen LogP contribution is -2.40. The molecule has 0 saturated heterocycles. The van der Waals surface area contributed by atoms with E-state index in [1.54, 1.807) is 7.05 Å². The summed E-state index contributed by atoms with van der Waals surface area (Å²) in [5, 5.41) is 0. The molecule has 138 valence electrons. The number of nitrogens with zero attached hydrogens (tertiary/aromatic N) is 1. The standard InChI is InChI=1S/C20H23NO5/c1-13-9-10-15-16(18(22)24-3)12-25-19(17(13)15)26-20(23)21(2)11-14-7-5-4-6-8-14/h4-9,12,15,17,19H,10-11H2,1-3H3. The fraction of sp³-hybridized carbons (Fsp3) is 0.400. The van der Waals surface area contributed by atoms with Gasteiger partial charge in [0, 0.05) is 19.5 Å². The molecule has 0 spiro atoms. The Morgan fingerprint density at radius 2 is 2.00 bits per heavy atom. The molecule has 1 aliphatic carbocycles. The van der Waals surface area contributed by atoms with Gasteiger partial charge in [0.05, 0.1) is 24.9 Å². The highest BCUT2D eigenvalue weighted by Gasteiger charge is 2.45. The summed E-state index contributed by atoms with van der Waals surface area (Å²) < 4.78 is 16.0. The van der Waals surface area contributed by atoms with Crippen molar-refractivity contribution in [2.24, 2.45) is 11.8 Å². The van der Waals surface area contributed by atoms with Gasteiger partial charge < -0.3 is 19.1 Å². The first-order chi connectivity index (χ1) is 12.5. The fourth-order valence-electron chi connectivity index (χ4n) is 3.48. The Labute approximate surface area is 153 Å². The zero-order chi connectivity index (χ0) is 18.7. The van der Waals surface area contributed by atoms with Crippen LogP contribution in [0.3, 0.4) is 0 Å². The summed E-state index contributed by atoms with van der Waals surface area (Å²) >= 11 is 0. The second kappa shape index (κ2) is 7.64. The van der Waals surface area contributed by atoms with E-state index in [1.165, 1.54) is 18.3 Å². The normalized spacial score (nSPS) is 23.9. The number of hydrogen-bond donors (Lipinski definition) is 0. The molecule has 1 aliphatic heterocycles. The highest BCUT2D eigenvalue weighted by atomic mass is 16.7. The number of allylic oxidation sites excluding steroid dienone is 1. The fourth-order valence-corrected chi connectivity index (χ4v) is 3.48. The van der Waals surface area contributed by atoms with Crippen LogP contribution in [0.5, 0.6) is 0 Å². The molecular weight excluding hydrogens is 334 g/mol. The number of hydrogen-bond acceptors (Lipinski definition) is 5. The Morgan fingerprint density at radius 1 is 1.27 bits per heavy atom. The monoisotopic (exact) mass is 357 g/mol. The van der Waals surface area contributed by atoms with Gasteiger partial charge in [-0.3, -0.25) is 0 Å². The van der Waals surface area contributed by atoms with Crippen LogP contribution in [0.4, 0.5) is 4.79 Å². The van der Waals surface area contributed by atoms with Crippen molar-refractivity contribution in [2.75, 3.05) is 14.2 Å². The molecule has 0 aromatic heterocycles. The minimum Gasteiger partial charge on any atom is -0.466 e. The lowest BCUT2D eigenvalue weighted by atomic mass is 9.84. The summed E-state index contributed by atoms with van der Waals surface area (Å²) in [6.07, 6.45) is 2.91. The molecule has 26 heavy (non-hydrogen) atoms. The first-order valence-corrected chi connectivity index (χ1v) is 8.57. The maximum atomic E-state index is 12.5. The van der Waals surface area contributed by atoms with Gasteiger partial charge in [0.15, 0.2) is 0 Å². The third-order valence-electron chi connectivity index (χ3n) is 4.89. The molecule has 6 heteroatoms. The SMILES string of the molecule is COC(=O)C1=COC(OC(=O)N(C)Cc2ccccc2)C2C(C)=CCC12. The van der Waals surface area contributed by atoms with Crippen LogP contribution < -0.4 is 0 Å². The second-order valence-electron chi connectivity index (χ2n) is 6.61. The molecule has 0 saturated carbocycles. The summed E-state index contributed by atoms with van der Waals surface area (Å²) in [6.45, 7) is 2.40. The zero-order valence-electron chi connectivity index (χ0n) is 15.2. The Morgan fingerprint density at radius 3 is 2.69 bits per heavy atom. The van der Waals surface area contributed by atoms with E-state index in [2.05, 4.69) is 6.08 Å². The number of methoxy groups -OCH3 is 1. The first-order valence-electron chi connectivity index (χ1n) is 8.57. The Balaban J connectivity index is 1.69. The maximum Gasteiger partial charge on any atom is 0.412 e. The van der Waals surface area contributed by atoms with E-state index in [4.69, 9.17) is 14.2 Å². The average molecular weight is 357 g/mol. The van der Waals surface area contributed by atoms with Gasteiger partial charge in [-0.05, 0) is 18.9 Å². The third kappa shape index (κ3) is 3.59. The average Bonchev–Trinajstić information content (AvgIpc) is 3.04. The minimum absolute atomic E-state index is 0.0894. The molecule has 1 aromatic carbocycles. The van der Waals surface area contributed by atoms with E-state index < -0.39 is 18.4 Å². The Hall–Kier alpha value is -2.76. The van der Waals surface area contributed by atoms with Crippen molar-refractivity contribution in [3.63, 3.8) is 0 Å². The molecule has 3 rings (SSSR count). The molecule has 1 heterocycles. The number of ether oxygens (including phenoxy) is 3. The number of rotatable bonds is 4. The number of amides is 1. The van der Waals surface area contributed by atoms with Crippen molar-refractivity contribution in [1.82, 2.24) is 4.90 Å². The van der Waals surface area contributed by atoms with Crippen LogP contribution in [0.1, 0.15) is 18.9 Å². The molecule has 0 fully saturated rings. The molecule has 1 aromatic rings. The van der Waals surface area contributed by atoms with Gasteiger partial charge in [-0.25, -0.2) is 9.59 Å². The quantitative estimate of drug-likeness (QED) is 0.611.